The minimum atomic E-state index is -4.70. The molecule has 0 spiro atoms. The molecule has 1 N–H and O–H groups in total. The highest BCUT2D eigenvalue weighted by Gasteiger charge is 2.55. The van der Waals surface area contributed by atoms with E-state index >= 15 is 0 Å². The van der Waals surface area contributed by atoms with Crippen LogP contribution in [-0.4, -0.2) is 37.2 Å². The highest BCUT2D eigenvalue weighted by Crippen LogP contribution is 2.60. The van der Waals surface area contributed by atoms with Gasteiger partial charge in [0.05, 0.1) is 22.9 Å². The van der Waals surface area contributed by atoms with Crippen molar-refractivity contribution in [2.24, 2.45) is 23.2 Å². The van der Waals surface area contributed by atoms with E-state index in [-0.39, 0.29) is 41.7 Å². The van der Waals surface area contributed by atoms with Crippen molar-refractivity contribution in [3.8, 4) is 0 Å². The summed E-state index contributed by atoms with van der Waals surface area (Å²) >= 11 is 0. The van der Waals surface area contributed by atoms with Gasteiger partial charge in [0, 0.05) is 6.42 Å². The molecule has 4 bridgehead atoms. The molecule has 4 aliphatic carbocycles. The molecule has 0 radical (unpaired) electrons. The fourth-order valence-corrected chi connectivity index (χ4v) is 10.4. The lowest BCUT2D eigenvalue weighted by Gasteiger charge is -2.55. The number of benzene rings is 3. The van der Waals surface area contributed by atoms with Crippen LogP contribution in [0.25, 0.3) is 0 Å². The van der Waals surface area contributed by atoms with Gasteiger partial charge < -0.3 is 4.74 Å². The molecule has 0 amide bonds. The molecule has 4 aliphatic rings. The first kappa shape index (κ1) is 32.6. The van der Waals surface area contributed by atoms with E-state index in [0.717, 1.165) is 19.3 Å². The second-order valence-electron chi connectivity index (χ2n) is 12.6. The number of ether oxygens (including phenoxy) is 1. The molecular weight excluding hydrogens is 603 g/mol. The van der Waals surface area contributed by atoms with Crippen molar-refractivity contribution in [3.05, 3.63) is 91.0 Å². The summed E-state index contributed by atoms with van der Waals surface area (Å²) in [6.45, 7) is 0.0859. The Balaban J connectivity index is 0.000000181. The van der Waals surface area contributed by atoms with Crippen LogP contribution >= 0.6 is 0 Å². The minimum Gasteiger partial charge on any atom is -0.465 e. The molecule has 7 rings (SSSR count). The predicted octanol–water partition coefficient (Wildman–Crippen LogP) is 8.22. The summed E-state index contributed by atoms with van der Waals surface area (Å²) in [6, 6.07) is 32.2. The van der Waals surface area contributed by atoms with Gasteiger partial charge >= 0.3 is 5.97 Å². The third-order valence-electron chi connectivity index (χ3n) is 8.97. The molecule has 0 atom stereocenters. The molecule has 4 fully saturated rings. The Kier molecular flexibility index (Phi) is 10.5. The molecule has 0 aliphatic heterocycles. The second-order valence-corrected chi connectivity index (χ2v) is 16.1. The van der Waals surface area contributed by atoms with Gasteiger partial charge in [0.2, 0.25) is 0 Å². The van der Waals surface area contributed by atoms with E-state index in [1.54, 1.807) is 0 Å². The third kappa shape index (κ3) is 8.70. The summed E-state index contributed by atoms with van der Waals surface area (Å²) in [6.07, 6.45) is 6.07. The number of alkyl halides is 2. The summed E-state index contributed by atoms with van der Waals surface area (Å²) in [4.78, 5) is 16.6. The molecule has 44 heavy (non-hydrogen) atoms. The summed E-state index contributed by atoms with van der Waals surface area (Å²) in [5.74, 6) is -3.28. The standard InChI is InChI=1S/C18H15S.C17H26F2O5S/c1-4-10-16(11-5-1)19(17-12-6-2-7-13-17)18-14-8-3-9-15-18;18-17(19,11-25(21,22)23)3-1-2-4-24-15(20)16-8-12-5-13(9-16)7-14(6-12)10-16/h1-15H;12-14H,1-11H2,(H,21,22,23)/q+1;. The topological polar surface area (TPSA) is 80.7 Å². The van der Waals surface area contributed by atoms with Crippen LogP contribution in [0.1, 0.15) is 57.8 Å². The number of carbonyl (C=O) groups excluding carboxylic acids is 1. The van der Waals surface area contributed by atoms with Gasteiger partial charge in [-0.15, -0.1) is 0 Å². The summed E-state index contributed by atoms with van der Waals surface area (Å²) < 4.78 is 61.7. The zero-order valence-corrected chi connectivity index (χ0v) is 26.5. The Morgan fingerprint density at radius 1 is 0.773 bits per heavy atom. The molecule has 4 saturated carbocycles. The molecule has 0 unspecified atom stereocenters. The number of unbranched alkanes of at least 4 members (excludes halogenated alkanes) is 1. The average molecular weight is 644 g/mol. The smallest absolute Gasteiger partial charge is 0.312 e. The quantitative estimate of drug-likeness (QED) is 0.0986. The first-order chi connectivity index (χ1) is 21.0. The summed E-state index contributed by atoms with van der Waals surface area (Å²) in [5, 5.41) is 0. The normalized spacial score (nSPS) is 24.0. The van der Waals surface area contributed by atoms with Crippen LogP contribution in [0.3, 0.4) is 0 Å². The Morgan fingerprint density at radius 3 is 1.57 bits per heavy atom. The number of rotatable bonds is 11. The van der Waals surface area contributed by atoms with Gasteiger partial charge in [-0.2, -0.15) is 8.42 Å². The van der Waals surface area contributed by atoms with Gasteiger partial charge in [0.1, 0.15) is 5.75 Å². The summed E-state index contributed by atoms with van der Waals surface area (Å²) in [5.41, 5.74) is -0.344. The third-order valence-corrected chi connectivity index (χ3v) is 12.0. The maximum atomic E-state index is 13.4. The highest BCUT2D eigenvalue weighted by atomic mass is 32.2. The van der Waals surface area contributed by atoms with Gasteiger partial charge in [0.15, 0.2) is 14.7 Å². The van der Waals surface area contributed by atoms with E-state index < -0.39 is 28.2 Å². The van der Waals surface area contributed by atoms with Crippen LogP contribution in [0.4, 0.5) is 8.78 Å². The fraction of sp³-hybridized carbons (Fsp3) is 0.457. The molecule has 3 aromatic carbocycles. The molecular formula is C35H41F2O5S2+. The van der Waals surface area contributed by atoms with Gasteiger partial charge in [-0.3, -0.25) is 9.35 Å². The van der Waals surface area contributed by atoms with E-state index in [4.69, 9.17) is 9.29 Å². The van der Waals surface area contributed by atoms with Crippen molar-refractivity contribution in [3.63, 3.8) is 0 Å². The Labute approximate surface area is 262 Å². The largest absolute Gasteiger partial charge is 0.465 e. The molecule has 0 aromatic heterocycles. The first-order valence-electron chi connectivity index (χ1n) is 15.4. The van der Waals surface area contributed by atoms with Crippen LogP contribution < -0.4 is 0 Å². The van der Waals surface area contributed by atoms with E-state index in [9.17, 15) is 22.0 Å². The van der Waals surface area contributed by atoms with Crippen molar-refractivity contribution in [1.29, 1.82) is 0 Å². The average Bonchev–Trinajstić information content (AvgIpc) is 2.97. The number of hydrogen-bond donors (Lipinski definition) is 1. The zero-order valence-electron chi connectivity index (χ0n) is 24.8. The van der Waals surface area contributed by atoms with Gasteiger partial charge in [-0.05, 0) is 106 Å². The lowest BCUT2D eigenvalue weighted by Crippen LogP contribution is -2.50. The highest BCUT2D eigenvalue weighted by molar-refractivity contribution is 7.97. The molecule has 236 valence electrons. The lowest BCUT2D eigenvalue weighted by atomic mass is 9.49. The maximum Gasteiger partial charge on any atom is 0.312 e. The fourth-order valence-electron chi connectivity index (χ4n) is 7.58. The van der Waals surface area contributed by atoms with E-state index in [1.807, 2.05) is 0 Å². The molecule has 3 aromatic rings. The van der Waals surface area contributed by atoms with Crippen LogP contribution in [0, 0.1) is 23.2 Å². The number of esters is 1. The van der Waals surface area contributed by atoms with Crippen molar-refractivity contribution >= 4 is 27.0 Å². The molecule has 9 heteroatoms. The number of halogens is 2. The van der Waals surface area contributed by atoms with Crippen LogP contribution in [0.5, 0.6) is 0 Å². The number of hydrogen-bond acceptors (Lipinski definition) is 4. The number of carbonyl (C=O) groups is 1. The Morgan fingerprint density at radius 2 is 1.18 bits per heavy atom. The van der Waals surface area contributed by atoms with E-state index in [0.29, 0.717) is 17.8 Å². The van der Waals surface area contributed by atoms with Crippen LogP contribution in [0.2, 0.25) is 0 Å². The molecule has 0 saturated heterocycles. The van der Waals surface area contributed by atoms with Gasteiger partial charge in [0.25, 0.3) is 16.0 Å². The Bertz CT molecular complexity index is 1340. The monoisotopic (exact) mass is 643 g/mol. The SMILES string of the molecule is O=C(OCCCCC(F)(F)CS(=O)(=O)O)C12CC3CC(CC(C3)C1)C2.c1ccc([S+](c2ccccc2)c2ccccc2)cc1. The maximum absolute atomic E-state index is 13.4. The first-order valence-corrected chi connectivity index (χ1v) is 18.2. The van der Waals surface area contributed by atoms with Crippen LogP contribution in [-0.2, 0) is 30.5 Å². The van der Waals surface area contributed by atoms with E-state index in [2.05, 4.69) is 91.0 Å². The predicted molar refractivity (Wildman–Crippen MR) is 168 cm³/mol. The van der Waals surface area contributed by atoms with Crippen molar-refractivity contribution in [1.82, 2.24) is 0 Å². The zero-order chi connectivity index (χ0) is 31.2. The second kappa shape index (κ2) is 14.1. The van der Waals surface area contributed by atoms with Crippen molar-refractivity contribution in [2.75, 3.05) is 12.4 Å². The minimum absolute atomic E-state index is 0.0146. The lowest BCUT2D eigenvalue weighted by molar-refractivity contribution is -0.171. The van der Waals surface area contributed by atoms with E-state index in [1.165, 1.54) is 33.9 Å². The van der Waals surface area contributed by atoms with Crippen molar-refractivity contribution in [2.45, 2.75) is 78.4 Å². The van der Waals surface area contributed by atoms with Crippen molar-refractivity contribution < 1.29 is 31.3 Å². The van der Waals surface area contributed by atoms with Gasteiger partial charge in [-0.25, -0.2) is 8.78 Å². The van der Waals surface area contributed by atoms with Gasteiger partial charge in [-0.1, -0.05) is 54.6 Å². The molecule has 0 heterocycles. The Hall–Kier alpha value is -2.75. The van der Waals surface area contributed by atoms with Crippen LogP contribution in [0.15, 0.2) is 106 Å². The summed E-state index contributed by atoms with van der Waals surface area (Å²) in [7, 11) is -4.71. The molecule has 5 nitrogen and oxygen atoms in total.